The lowest BCUT2D eigenvalue weighted by molar-refractivity contribution is -0.274. The van der Waals surface area contributed by atoms with Gasteiger partial charge in [0.1, 0.15) is 5.75 Å². The molecule has 0 aliphatic rings. The Morgan fingerprint density at radius 1 is 1.00 bits per heavy atom. The molecule has 3 aromatic carbocycles. The molecule has 2 N–H and O–H groups in total. The molecule has 0 atom stereocenters. The molecule has 0 aliphatic carbocycles. The van der Waals surface area contributed by atoms with Gasteiger partial charge >= 0.3 is 6.36 Å². The van der Waals surface area contributed by atoms with Crippen LogP contribution in [-0.4, -0.2) is 32.0 Å². The smallest absolute Gasteiger partial charge is 0.405 e. The largest absolute Gasteiger partial charge is 0.573 e. The number of carbonyl (C=O) groups is 1. The van der Waals surface area contributed by atoms with Crippen molar-refractivity contribution in [3.63, 3.8) is 0 Å². The van der Waals surface area contributed by atoms with Crippen LogP contribution < -0.4 is 10.1 Å². The van der Waals surface area contributed by atoms with Crippen molar-refractivity contribution in [2.24, 2.45) is 0 Å². The first kappa shape index (κ1) is 23.3. The standard InChI is InChI=1S/C22H18F3NO5S/c1-32(29,30)17-9-7-16(8-10-17)26-21(28)14-6-11-18(15(12-14)13-27)19-4-2-3-5-20(19)31-22(23,24)25/h2-12,27H,13H2,1H3,(H,26,28). The first-order valence-corrected chi connectivity index (χ1v) is 11.1. The van der Waals surface area contributed by atoms with Gasteiger partial charge in [-0.05, 0) is 53.6 Å². The zero-order valence-corrected chi connectivity index (χ0v) is 17.5. The molecule has 0 fully saturated rings. The predicted molar refractivity (Wildman–Crippen MR) is 112 cm³/mol. The van der Waals surface area contributed by atoms with Crippen LogP contribution in [-0.2, 0) is 16.4 Å². The molecule has 0 aromatic heterocycles. The third-order valence-electron chi connectivity index (χ3n) is 4.48. The van der Waals surface area contributed by atoms with Gasteiger partial charge in [0.25, 0.3) is 5.91 Å². The highest BCUT2D eigenvalue weighted by Crippen LogP contribution is 2.36. The molecule has 168 valence electrons. The SMILES string of the molecule is CS(=O)(=O)c1ccc(NC(=O)c2ccc(-c3ccccc3OC(F)(F)F)c(CO)c2)cc1. The fourth-order valence-electron chi connectivity index (χ4n) is 3.02. The summed E-state index contributed by atoms with van der Waals surface area (Å²) in [4.78, 5) is 12.7. The Kier molecular flexibility index (Phi) is 6.56. The molecule has 6 nitrogen and oxygen atoms in total. The van der Waals surface area contributed by atoms with Gasteiger partial charge in [-0.1, -0.05) is 24.3 Å². The molecule has 0 unspecified atom stereocenters. The van der Waals surface area contributed by atoms with Gasteiger partial charge in [-0.3, -0.25) is 4.79 Å². The minimum Gasteiger partial charge on any atom is -0.405 e. The van der Waals surface area contributed by atoms with E-state index in [0.717, 1.165) is 12.3 Å². The first-order chi connectivity index (χ1) is 15.0. The number of carbonyl (C=O) groups excluding carboxylic acids is 1. The van der Waals surface area contributed by atoms with Crippen LogP contribution >= 0.6 is 0 Å². The molecule has 0 heterocycles. The fraction of sp³-hybridized carbons (Fsp3) is 0.136. The van der Waals surface area contributed by atoms with Crippen LogP contribution in [0, 0.1) is 0 Å². The number of anilines is 1. The molecule has 0 saturated carbocycles. The maximum Gasteiger partial charge on any atom is 0.573 e. The summed E-state index contributed by atoms with van der Waals surface area (Å²) in [7, 11) is -3.38. The van der Waals surface area contributed by atoms with Crippen molar-refractivity contribution in [3.8, 4) is 16.9 Å². The van der Waals surface area contributed by atoms with E-state index in [9.17, 15) is 31.5 Å². The van der Waals surface area contributed by atoms with E-state index in [1.807, 2.05) is 0 Å². The molecule has 0 aliphatic heterocycles. The molecule has 3 rings (SSSR count). The summed E-state index contributed by atoms with van der Waals surface area (Å²) >= 11 is 0. The highest BCUT2D eigenvalue weighted by molar-refractivity contribution is 7.90. The number of sulfone groups is 1. The maximum atomic E-state index is 12.7. The van der Waals surface area contributed by atoms with E-state index in [1.165, 1.54) is 60.7 Å². The lowest BCUT2D eigenvalue weighted by atomic mass is 9.97. The van der Waals surface area contributed by atoms with Crippen LogP contribution in [0.15, 0.2) is 71.6 Å². The summed E-state index contributed by atoms with van der Waals surface area (Å²) in [5.41, 5.74) is 1.11. The van der Waals surface area contributed by atoms with Crippen molar-refractivity contribution in [2.75, 3.05) is 11.6 Å². The zero-order valence-electron chi connectivity index (χ0n) is 16.7. The van der Waals surface area contributed by atoms with Gasteiger partial charge in [0, 0.05) is 23.1 Å². The van der Waals surface area contributed by atoms with E-state index >= 15 is 0 Å². The van der Waals surface area contributed by atoms with Crippen LogP contribution in [0.3, 0.4) is 0 Å². The van der Waals surface area contributed by atoms with E-state index in [2.05, 4.69) is 10.1 Å². The number of hydrogen-bond acceptors (Lipinski definition) is 5. The van der Waals surface area contributed by atoms with E-state index in [1.54, 1.807) is 0 Å². The number of alkyl halides is 3. The van der Waals surface area contributed by atoms with E-state index in [4.69, 9.17) is 0 Å². The number of para-hydroxylation sites is 1. The second kappa shape index (κ2) is 9.01. The Morgan fingerprint density at radius 3 is 2.25 bits per heavy atom. The molecule has 0 spiro atoms. The van der Waals surface area contributed by atoms with Gasteiger partial charge in [0.05, 0.1) is 11.5 Å². The van der Waals surface area contributed by atoms with Crippen molar-refractivity contribution in [2.45, 2.75) is 17.9 Å². The zero-order chi connectivity index (χ0) is 23.5. The maximum absolute atomic E-state index is 12.7. The molecule has 0 saturated heterocycles. The Bertz CT molecular complexity index is 1240. The minimum absolute atomic E-state index is 0.0992. The number of nitrogens with one attached hydrogen (secondary N) is 1. The van der Waals surface area contributed by atoms with Gasteiger partial charge in [-0.25, -0.2) is 8.42 Å². The predicted octanol–water partition coefficient (Wildman–Crippen LogP) is 4.40. The lowest BCUT2D eigenvalue weighted by Crippen LogP contribution is -2.17. The molecule has 0 bridgehead atoms. The number of aliphatic hydroxyl groups is 1. The molecular weight excluding hydrogens is 447 g/mol. The average Bonchev–Trinajstić information content (AvgIpc) is 2.72. The van der Waals surface area contributed by atoms with Crippen molar-refractivity contribution in [1.29, 1.82) is 0 Å². The van der Waals surface area contributed by atoms with Crippen LogP contribution in [0.2, 0.25) is 0 Å². The molecular formula is C22H18F3NO5S. The monoisotopic (exact) mass is 465 g/mol. The van der Waals surface area contributed by atoms with Gasteiger partial charge in [0.2, 0.25) is 0 Å². The summed E-state index contributed by atoms with van der Waals surface area (Å²) in [6.45, 7) is -0.528. The third-order valence-corrected chi connectivity index (χ3v) is 5.61. The van der Waals surface area contributed by atoms with Crippen LogP contribution in [0.25, 0.3) is 11.1 Å². The molecule has 3 aromatic rings. The Morgan fingerprint density at radius 2 is 1.66 bits per heavy atom. The molecule has 1 amide bonds. The fourth-order valence-corrected chi connectivity index (χ4v) is 3.65. The van der Waals surface area contributed by atoms with Crippen LogP contribution in [0.4, 0.5) is 18.9 Å². The van der Waals surface area contributed by atoms with Crippen molar-refractivity contribution >= 4 is 21.4 Å². The quantitative estimate of drug-likeness (QED) is 0.563. The van der Waals surface area contributed by atoms with Gasteiger partial charge < -0.3 is 15.2 Å². The Hall–Kier alpha value is -3.37. The minimum atomic E-state index is -4.89. The molecule has 32 heavy (non-hydrogen) atoms. The van der Waals surface area contributed by atoms with E-state index in [-0.39, 0.29) is 27.1 Å². The third kappa shape index (κ3) is 5.65. The number of benzene rings is 3. The molecule has 0 radical (unpaired) electrons. The van der Waals surface area contributed by atoms with Gasteiger partial charge in [-0.2, -0.15) is 0 Å². The highest BCUT2D eigenvalue weighted by Gasteiger charge is 2.32. The van der Waals surface area contributed by atoms with Gasteiger partial charge in [-0.15, -0.1) is 13.2 Å². The van der Waals surface area contributed by atoms with E-state index < -0.39 is 34.5 Å². The second-order valence-corrected chi connectivity index (χ2v) is 8.84. The van der Waals surface area contributed by atoms with Crippen LogP contribution in [0.1, 0.15) is 15.9 Å². The summed E-state index contributed by atoms with van der Waals surface area (Å²) in [5, 5.41) is 12.4. The van der Waals surface area contributed by atoms with Crippen molar-refractivity contribution in [1.82, 2.24) is 0 Å². The summed E-state index contributed by atoms with van der Waals surface area (Å²) in [6.07, 6.45) is -3.82. The number of ether oxygens (including phenoxy) is 1. The van der Waals surface area contributed by atoms with Crippen LogP contribution in [0.5, 0.6) is 5.75 Å². The van der Waals surface area contributed by atoms with Gasteiger partial charge in [0.15, 0.2) is 9.84 Å². The number of rotatable bonds is 6. The van der Waals surface area contributed by atoms with Crippen molar-refractivity contribution < 1.29 is 36.2 Å². The number of aliphatic hydroxyl groups excluding tert-OH is 1. The highest BCUT2D eigenvalue weighted by atomic mass is 32.2. The lowest BCUT2D eigenvalue weighted by Gasteiger charge is -2.16. The summed E-state index contributed by atoms with van der Waals surface area (Å²) < 4.78 is 65.3. The second-order valence-electron chi connectivity index (χ2n) is 6.82. The number of amides is 1. The summed E-state index contributed by atoms with van der Waals surface area (Å²) in [6, 6.07) is 15.2. The normalized spacial score (nSPS) is 11.8. The number of halogens is 3. The first-order valence-electron chi connectivity index (χ1n) is 9.18. The topological polar surface area (TPSA) is 92.7 Å². The number of hydrogen-bond donors (Lipinski definition) is 2. The Balaban J connectivity index is 1.88. The summed E-state index contributed by atoms with van der Waals surface area (Å²) in [5.74, 6) is -0.976. The molecule has 10 heteroatoms. The Labute approximate surface area is 182 Å². The van der Waals surface area contributed by atoms with Crippen molar-refractivity contribution in [3.05, 3.63) is 77.9 Å². The van der Waals surface area contributed by atoms with E-state index in [0.29, 0.717) is 5.69 Å². The average molecular weight is 465 g/mol.